The molecule has 10 heteroatoms. The van der Waals surface area contributed by atoms with Crippen LogP contribution in [0.4, 0.5) is 0 Å². The lowest BCUT2D eigenvalue weighted by atomic mass is 9.84. The lowest BCUT2D eigenvalue weighted by Crippen LogP contribution is -2.33. The SMILES string of the molecule is CCn1nnc2c(C)c(C(CC(=O)OC)c3ccc(C)c(CN4CC(C)Oc5ccccc5S4(O)O)c3)ccc21. The molecule has 5 rings (SSSR count). The minimum atomic E-state index is -3.29. The van der Waals surface area contributed by atoms with Crippen molar-refractivity contribution in [2.75, 3.05) is 13.7 Å². The van der Waals surface area contributed by atoms with E-state index >= 15 is 0 Å². The third-order valence-electron chi connectivity index (χ3n) is 7.67. The number of esters is 1. The van der Waals surface area contributed by atoms with E-state index in [0.29, 0.717) is 30.3 Å². The van der Waals surface area contributed by atoms with Gasteiger partial charge in [-0.2, -0.15) is 4.31 Å². The summed E-state index contributed by atoms with van der Waals surface area (Å²) in [4.78, 5) is 13.0. The van der Waals surface area contributed by atoms with Crippen LogP contribution in [-0.2, 0) is 22.6 Å². The third kappa shape index (κ3) is 5.19. The molecule has 2 heterocycles. The fraction of sp³-hybridized carbons (Fsp3) is 0.367. The predicted octanol–water partition coefficient (Wildman–Crippen LogP) is 6.07. The molecule has 1 aliphatic rings. The molecule has 2 atom stereocenters. The Morgan fingerprint density at radius 3 is 2.70 bits per heavy atom. The number of ether oxygens (including phenoxy) is 2. The van der Waals surface area contributed by atoms with E-state index < -0.39 is 10.8 Å². The molecule has 2 unspecified atom stereocenters. The van der Waals surface area contributed by atoms with Crippen molar-refractivity contribution in [3.8, 4) is 5.75 Å². The number of fused-ring (bicyclic) bond motifs is 2. The van der Waals surface area contributed by atoms with Crippen LogP contribution in [0.25, 0.3) is 11.0 Å². The number of hydrogen-bond donors (Lipinski definition) is 2. The van der Waals surface area contributed by atoms with Crippen molar-refractivity contribution in [2.24, 2.45) is 0 Å². The van der Waals surface area contributed by atoms with Gasteiger partial charge in [0.2, 0.25) is 0 Å². The molecule has 0 aliphatic carbocycles. The average Bonchev–Trinajstić information content (AvgIpc) is 3.33. The molecular formula is C30H36N4O5S. The lowest BCUT2D eigenvalue weighted by molar-refractivity contribution is -0.140. The Hall–Kier alpha value is -3.44. The van der Waals surface area contributed by atoms with Crippen molar-refractivity contribution in [1.29, 1.82) is 0 Å². The summed E-state index contributed by atoms with van der Waals surface area (Å²) in [6, 6.07) is 17.2. The van der Waals surface area contributed by atoms with Crippen molar-refractivity contribution in [3.63, 3.8) is 0 Å². The van der Waals surface area contributed by atoms with Gasteiger partial charge in [0.1, 0.15) is 22.3 Å². The highest BCUT2D eigenvalue weighted by atomic mass is 32.3. The first-order valence-corrected chi connectivity index (χ1v) is 14.9. The highest BCUT2D eigenvalue weighted by molar-refractivity contribution is 8.22. The molecule has 2 N–H and O–H groups in total. The topological polar surface area (TPSA) is 110 Å². The maximum absolute atomic E-state index is 12.6. The summed E-state index contributed by atoms with van der Waals surface area (Å²) in [5.41, 5.74) is 6.60. The number of methoxy groups -OCH3 is 1. The average molecular weight is 565 g/mol. The number of aryl methyl sites for hydroxylation is 3. The molecule has 0 radical (unpaired) electrons. The Balaban J connectivity index is 1.55. The molecule has 0 fully saturated rings. The van der Waals surface area contributed by atoms with E-state index in [2.05, 4.69) is 16.4 Å². The second-order valence-corrected chi connectivity index (χ2v) is 12.3. The zero-order valence-corrected chi connectivity index (χ0v) is 24.3. The first-order chi connectivity index (χ1) is 19.1. The van der Waals surface area contributed by atoms with Crippen LogP contribution in [0.5, 0.6) is 5.75 Å². The Morgan fingerprint density at radius 1 is 1.18 bits per heavy atom. The molecule has 40 heavy (non-hydrogen) atoms. The maximum atomic E-state index is 12.6. The first-order valence-electron chi connectivity index (χ1n) is 13.4. The van der Waals surface area contributed by atoms with Crippen molar-refractivity contribution in [3.05, 3.63) is 82.4 Å². The Morgan fingerprint density at radius 2 is 1.95 bits per heavy atom. The van der Waals surface area contributed by atoms with Gasteiger partial charge in [0.05, 0.1) is 25.6 Å². The standard InChI is InChI=1S/C30H36N4O5S/c1-6-34-26-14-13-24(21(4)30(26)31-32-34)25(16-29(35)38-5)22-12-11-19(2)23(15-22)18-33-17-20(3)39-27-9-7-8-10-28(27)40(33,36)37/h7-15,20,25,36-37H,6,16-18H2,1-5H3. The monoisotopic (exact) mass is 564 g/mol. The number of aromatic nitrogens is 3. The summed E-state index contributed by atoms with van der Waals surface area (Å²) >= 11 is 0. The van der Waals surface area contributed by atoms with E-state index in [-0.39, 0.29) is 24.4 Å². The van der Waals surface area contributed by atoms with E-state index in [9.17, 15) is 13.9 Å². The molecule has 3 aromatic carbocycles. The molecule has 0 spiro atoms. The van der Waals surface area contributed by atoms with Crippen molar-refractivity contribution < 1.29 is 23.4 Å². The Labute approximate surface area is 236 Å². The van der Waals surface area contributed by atoms with Crippen LogP contribution in [-0.4, -0.2) is 54.1 Å². The molecule has 1 aliphatic heterocycles. The largest absolute Gasteiger partial charge is 0.487 e. The number of nitrogens with zero attached hydrogens (tertiary/aromatic N) is 4. The van der Waals surface area contributed by atoms with Gasteiger partial charge in [-0.25, -0.2) is 4.68 Å². The molecule has 9 nitrogen and oxygen atoms in total. The Bertz CT molecular complexity index is 1550. The normalized spacial score (nSPS) is 18.4. The molecular weight excluding hydrogens is 528 g/mol. The van der Waals surface area contributed by atoms with E-state index in [0.717, 1.165) is 38.9 Å². The third-order valence-corrected chi connectivity index (χ3v) is 9.60. The van der Waals surface area contributed by atoms with Gasteiger partial charge in [0.25, 0.3) is 0 Å². The van der Waals surface area contributed by atoms with Crippen LogP contribution in [0.1, 0.15) is 54.0 Å². The Kier molecular flexibility index (Phi) is 7.87. The summed E-state index contributed by atoms with van der Waals surface area (Å²) in [5, 5.41) is 8.68. The van der Waals surface area contributed by atoms with Gasteiger partial charge in [-0.05, 0) is 73.7 Å². The van der Waals surface area contributed by atoms with Gasteiger partial charge in [0, 0.05) is 19.0 Å². The molecule has 1 aromatic heterocycles. The van der Waals surface area contributed by atoms with E-state index in [1.54, 1.807) is 22.5 Å². The summed E-state index contributed by atoms with van der Waals surface area (Å²) in [6.45, 7) is 9.33. The number of carbonyl (C=O) groups excluding carboxylic acids is 1. The predicted molar refractivity (Wildman–Crippen MR) is 156 cm³/mol. The van der Waals surface area contributed by atoms with Gasteiger partial charge in [0.15, 0.2) is 0 Å². The van der Waals surface area contributed by atoms with Crippen molar-refractivity contribution in [2.45, 2.75) is 64.1 Å². The minimum absolute atomic E-state index is 0.157. The maximum Gasteiger partial charge on any atom is 0.306 e. The highest BCUT2D eigenvalue weighted by Gasteiger charge is 2.34. The van der Waals surface area contributed by atoms with Crippen LogP contribution in [0, 0.1) is 13.8 Å². The fourth-order valence-corrected chi connectivity index (χ4v) is 7.09. The van der Waals surface area contributed by atoms with Crippen LogP contribution in [0.2, 0.25) is 0 Å². The number of hydrogen-bond acceptors (Lipinski definition) is 8. The zero-order valence-electron chi connectivity index (χ0n) is 23.5. The second kappa shape index (κ2) is 11.2. The molecule has 4 aromatic rings. The molecule has 0 bridgehead atoms. The van der Waals surface area contributed by atoms with Gasteiger partial charge in [-0.1, -0.05) is 41.6 Å². The molecule has 0 saturated carbocycles. The highest BCUT2D eigenvalue weighted by Crippen LogP contribution is 2.57. The summed E-state index contributed by atoms with van der Waals surface area (Å²) in [7, 11) is -1.89. The number of benzene rings is 3. The number of para-hydroxylation sites is 1. The first kappa shape index (κ1) is 28.1. The van der Waals surface area contributed by atoms with Crippen molar-refractivity contribution in [1.82, 2.24) is 19.3 Å². The van der Waals surface area contributed by atoms with Crippen LogP contribution >= 0.6 is 10.8 Å². The molecule has 212 valence electrons. The van der Waals surface area contributed by atoms with Gasteiger partial charge in [-0.3, -0.25) is 13.9 Å². The van der Waals surface area contributed by atoms with Crippen LogP contribution in [0.15, 0.2) is 59.5 Å². The van der Waals surface area contributed by atoms with E-state index in [1.165, 1.54) is 7.11 Å². The van der Waals surface area contributed by atoms with Gasteiger partial charge < -0.3 is 9.47 Å². The summed E-state index contributed by atoms with van der Waals surface area (Å²) < 4.78 is 37.5. The fourth-order valence-electron chi connectivity index (χ4n) is 5.43. The van der Waals surface area contributed by atoms with Crippen LogP contribution in [0.3, 0.4) is 0 Å². The van der Waals surface area contributed by atoms with Gasteiger partial charge in [-0.15, -0.1) is 15.9 Å². The quantitative estimate of drug-likeness (QED) is 0.260. The smallest absolute Gasteiger partial charge is 0.306 e. The second-order valence-electron chi connectivity index (χ2n) is 10.3. The number of rotatable bonds is 7. The molecule has 0 saturated heterocycles. The van der Waals surface area contributed by atoms with E-state index in [4.69, 9.17) is 9.47 Å². The zero-order chi connectivity index (χ0) is 28.6. The summed E-state index contributed by atoms with van der Waals surface area (Å²) in [5.74, 6) is -0.101. The summed E-state index contributed by atoms with van der Waals surface area (Å²) in [6.07, 6.45) is -0.0824. The molecule has 0 amide bonds. The lowest BCUT2D eigenvalue weighted by Gasteiger charge is -2.42. The van der Waals surface area contributed by atoms with E-state index in [1.807, 2.05) is 62.7 Å². The minimum Gasteiger partial charge on any atom is -0.487 e. The number of carbonyl (C=O) groups is 1. The van der Waals surface area contributed by atoms with Gasteiger partial charge >= 0.3 is 5.97 Å². The van der Waals surface area contributed by atoms with Crippen LogP contribution < -0.4 is 4.74 Å². The van der Waals surface area contributed by atoms with Crippen molar-refractivity contribution >= 4 is 27.8 Å².